The smallest absolute Gasteiger partial charge is 0.198 e. The maximum absolute atomic E-state index is 13.8. The molecule has 13 nitrogen and oxygen atoms in total. The van der Waals surface area contributed by atoms with Gasteiger partial charge in [0, 0.05) is 66.3 Å². The zero-order chi connectivity index (χ0) is 35.8. The minimum Gasteiger partial charge on any atom is -0.507 e. The second kappa shape index (κ2) is 12.9. The number of phenols is 2. The van der Waals surface area contributed by atoms with Gasteiger partial charge in [-0.1, -0.05) is 6.07 Å². The lowest BCUT2D eigenvalue weighted by Gasteiger charge is -2.42. The van der Waals surface area contributed by atoms with E-state index in [1.54, 1.807) is 13.8 Å². The summed E-state index contributed by atoms with van der Waals surface area (Å²) in [6.45, 7) is 6.77. The van der Waals surface area contributed by atoms with Crippen LogP contribution < -0.4 is 0 Å². The normalized spacial score (nSPS) is 35.8. The SMILES string of the molecule is C[C@@H]1O[C@@H](O[C@H]2CC[C@H](O[C@H]3[C@@H](O)C[C@H](c4ccc5c(c4O)C(=O)c4cc6c(c(O)c4C5=O)C[C@](C)(O)CC6=O)O[C@@H]3C)O[C@H]2C)CCC1=O. The molecular formula is C37H42O13. The van der Waals surface area contributed by atoms with Gasteiger partial charge in [0.25, 0.3) is 0 Å². The van der Waals surface area contributed by atoms with Crippen molar-refractivity contribution in [2.45, 2.75) is 134 Å². The zero-order valence-electron chi connectivity index (χ0n) is 28.3. The van der Waals surface area contributed by atoms with Crippen LogP contribution in [-0.2, 0) is 34.9 Å². The van der Waals surface area contributed by atoms with Crippen molar-refractivity contribution in [2.24, 2.45) is 0 Å². The number of carbonyl (C=O) groups is 4. The maximum atomic E-state index is 13.8. The number of carbonyl (C=O) groups excluding carboxylic acids is 4. The highest BCUT2D eigenvalue weighted by atomic mass is 16.7. The van der Waals surface area contributed by atoms with Gasteiger partial charge in [-0.2, -0.15) is 0 Å². The fourth-order valence-electron chi connectivity index (χ4n) is 7.96. The van der Waals surface area contributed by atoms with E-state index in [0.717, 1.165) is 0 Å². The van der Waals surface area contributed by atoms with E-state index in [2.05, 4.69) is 0 Å². The Bertz CT molecular complexity index is 1750. The van der Waals surface area contributed by atoms with Crippen molar-refractivity contribution in [3.63, 3.8) is 0 Å². The topological polar surface area (TPSA) is 195 Å². The van der Waals surface area contributed by atoms with Crippen LogP contribution in [0.15, 0.2) is 18.2 Å². The first-order valence-electron chi connectivity index (χ1n) is 17.2. The number of Topliss-reactive ketones (excluding diaryl/α,β-unsaturated/α-hetero) is 2. The molecule has 0 unspecified atom stereocenters. The summed E-state index contributed by atoms with van der Waals surface area (Å²) >= 11 is 0. The van der Waals surface area contributed by atoms with E-state index in [9.17, 15) is 39.6 Å². The van der Waals surface area contributed by atoms with Crippen molar-refractivity contribution in [3.8, 4) is 11.5 Å². The number of fused-ring (bicyclic) bond motifs is 3. The highest BCUT2D eigenvalue weighted by molar-refractivity contribution is 6.31. The molecule has 3 heterocycles. The molecule has 0 saturated carbocycles. The van der Waals surface area contributed by atoms with Crippen molar-refractivity contribution in [3.05, 3.63) is 57.1 Å². The molecule has 2 aliphatic carbocycles. The van der Waals surface area contributed by atoms with Crippen LogP contribution in [0.2, 0.25) is 0 Å². The third-order valence-corrected chi connectivity index (χ3v) is 10.6. The monoisotopic (exact) mass is 694 g/mol. The largest absolute Gasteiger partial charge is 0.507 e. The number of phenolic OH excluding ortho intramolecular Hbond substituents is 2. The Balaban J connectivity index is 1.04. The molecular weight excluding hydrogens is 652 g/mol. The van der Waals surface area contributed by atoms with Gasteiger partial charge in [-0.3, -0.25) is 19.2 Å². The molecule has 0 aromatic heterocycles. The molecule has 50 heavy (non-hydrogen) atoms. The third kappa shape index (κ3) is 6.08. The van der Waals surface area contributed by atoms with E-state index in [4.69, 9.17) is 23.7 Å². The average molecular weight is 695 g/mol. The second-order valence-electron chi connectivity index (χ2n) is 14.5. The number of aliphatic hydroxyl groups is 2. The molecule has 3 aliphatic heterocycles. The predicted octanol–water partition coefficient (Wildman–Crippen LogP) is 3.35. The number of benzene rings is 2. The molecule has 2 aromatic carbocycles. The molecule has 4 N–H and O–H groups in total. The summed E-state index contributed by atoms with van der Waals surface area (Å²) in [5.41, 5.74) is -1.95. The number of rotatable bonds is 5. The average Bonchev–Trinajstić information content (AvgIpc) is 3.04. The van der Waals surface area contributed by atoms with Gasteiger partial charge in [-0.25, -0.2) is 0 Å². The van der Waals surface area contributed by atoms with Crippen LogP contribution >= 0.6 is 0 Å². The minimum atomic E-state index is -1.42. The van der Waals surface area contributed by atoms with Crippen molar-refractivity contribution < 1.29 is 63.3 Å². The number of ether oxygens (including phenoxy) is 5. The summed E-state index contributed by atoms with van der Waals surface area (Å²) < 4.78 is 30.3. The number of hydrogen-bond acceptors (Lipinski definition) is 13. The number of hydrogen-bond donors (Lipinski definition) is 4. The molecule has 0 amide bonds. The number of aliphatic hydroxyl groups excluding tert-OH is 1. The first-order valence-corrected chi connectivity index (χ1v) is 17.2. The van der Waals surface area contributed by atoms with Crippen LogP contribution in [0.3, 0.4) is 0 Å². The van der Waals surface area contributed by atoms with Crippen molar-refractivity contribution in [1.82, 2.24) is 0 Å². The van der Waals surface area contributed by atoms with E-state index in [1.807, 2.05) is 6.92 Å². The summed E-state index contributed by atoms with van der Waals surface area (Å²) in [6.07, 6.45) is -3.81. The number of aromatic hydroxyl groups is 2. The quantitative estimate of drug-likeness (QED) is 0.304. The molecule has 2 aromatic rings. The highest BCUT2D eigenvalue weighted by Gasteiger charge is 2.45. The fraction of sp³-hybridized carbons (Fsp3) is 0.568. The molecule has 13 heteroatoms. The maximum Gasteiger partial charge on any atom is 0.198 e. The molecule has 0 radical (unpaired) electrons. The summed E-state index contributed by atoms with van der Waals surface area (Å²) in [5.74, 6) is -2.88. The van der Waals surface area contributed by atoms with Crippen LogP contribution in [0.4, 0.5) is 0 Å². The van der Waals surface area contributed by atoms with Gasteiger partial charge in [-0.05, 0) is 46.2 Å². The van der Waals surface area contributed by atoms with Crippen molar-refractivity contribution in [2.75, 3.05) is 0 Å². The van der Waals surface area contributed by atoms with E-state index in [-0.39, 0.29) is 76.2 Å². The Morgan fingerprint density at radius 3 is 2.20 bits per heavy atom. The second-order valence-corrected chi connectivity index (χ2v) is 14.5. The lowest BCUT2D eigenvalue weighted by molar-refractivity contribution is -0.298. The van der Waals surface area contributed by atoms with Gasteiger partial charge in [0.15, 0.2) is 35.7 Å². The number of ketones is 4. The summed E-state index contributed by atoms with van der Waals surface area (Å²) in [4.78, 5) is 52.1. The summed E-state index contributed by atoms with van der Waals surface area (Å²) in [5, 5.41) is 44.3. The van der Waals surface area contributed by atoms with Crippen molar-refractivity contribution in [1.29, 1.82) is 0 Å². The fourth-order valence-corrected chi connectivity index (χ4v) is 7.96. The highest BCUT2D eigenvalue weighted by Crippen LogP contribution is 2.46. The van der Waals surface area contributed by atoms with Crippen LogP contribution in [0.5, 0.6) is 11.5 Å². The lowest BCUT2D eigenvalue weighted by atomic mass is 9.74. The Kier molecular flexibility index (Phi) is 8.99. The molecule has 7 rings (SSSR count). The standard InChI is InChI=1S/C37H42O13/c1-15-23(38)7-9-28(47-15)49-26-8-10-29(48-16(26)2)50-36-17(3)46-27(12-24(36)39)18-5-6-19-30(32(18)41)34(43)21-11-20-22(35(44)31(21)33(19)42)13-37(4,45)14-25(20)40/h5-6,11,15-17,24,26-29,36,39,41,44-45H,7-10,12-14H2,1-4H3/t15-,16-,17+,24-,26-,27+,28-,29-,36+,37-/m0/s1. The van der Waals surface area contributed by atoms with Gasteiger partial charge in [0.2, 0.25) is 0 Å². The van der Waals surface area contributed by atoms with Gasteiger partial charge in [-0.15, -0.1) is 0 Å². The van der Waals surface area contributed by atoms with Gasteiger partial charge >= 0.3 is 0 Å². The molecule has 3 fully saturated rings. The van der Waals surface area contributed by atoms with Crippen LogP contribution in [0, 0.1) is 0 Å². The molecule has 268 valence electrons. The predicted molar refractivity (Wildman–Crippen MR) is 172 cm³/mol. The Hall–Kier alpha value is -3.56. The van der Waals surface area contributed by atoms with Crippen LogP contribution in [-0.4, -0.2) is 98.4 Å². The van der Waals surface area contributed by atoms with Crippen molar-refractivity contribution >= 4 is 23.1 Å². The van der Waals surface area contributed by atoms with Gasteiger partial charge < -0.3 is 44.1 Å². The molecule has 5 aliphatic rings. The minimum absolute atomic E-state index is 0.00668. The van der Waals surface area contributed by atoms with Gasteiger partial charge in [0.05, 0.1) is 47.2 Å². The third-order valence-electron chi connectivity index (χ3n) is 10.6. The first-order chi connectivity index (χ1) is 23.6. The lowest BCUT2D eigenvalue weighted by Crippen LogP contribution is -2.50. The Morgan fingerprint density at radius 1 is 0.800 bits per heavy atom. The zero-order valence-corrected chi connectivity index (χ0v) is 28.3. The summed E-state index contributed by atoms with van der Waals surface area (Å²) in [6, 6.07) is 4.10. The summed E-state index contributed by atoms with van der Waals surface area (Å²) in [7, 11) is 0. The first kappa shape index (κ1) is 34.9. The molecule has 10 atom stereocenters. The van der Waals surface area contributed by atoms with E-state index >= 15 is 0 Å². The Labute approximate surface area is 288 Å². The van der Waals surface area contributed by atoms with Crippen LogP contribution in [0.25, 0.3) is 0 Å². The molecule has 0 bridgehead atoms. The van der Waals surface area contributed by atoms with E-state index < -0.39 is 77.5 Å². The Morgan fingerprint density at radius 2 is 1.50 bits per heavy atom. The van der Waals surface area contributed by atoms with E-state index in [0.29, 0.717) is 25.7 Å². The molecule has 3 saturated heterocycles. The van der Waals surface area contributed by atoms with E-state index in [1.165, 1.54) is 25.1 Å². The molecule has 0 spiro atoms. The van der Waals surface area contributed by atoms with Crippen LogP contribution in [0.1, 0.15) is 126 Å². The van der Waals surface area contributed by atoms with Gasteiger partial charge in [0.1, 0.15) is 23.7 Å².